The average Bonchev–Trinajstić information content (AvgIpc) is 2.35. The number of nitrogens with one attached hydrogen (secondary N) is 1. The van der Waals surface area contributed by atoms with Crippen LogP contribution in [0.4, 0.5) is 5.69 Å². The van der Waals surface area contributed by atoms with Crippen molar-refractivity contribution in [2.45, 2.75) is 26.4 Å². The second-order valence-electron chi connectivity index (χ2n) is 4.84. The molecular formula is C13H18N2O5. The van der Waals surface area contributed by atoms with Gasteiger partial charge in [-0.1, -0.05) is 6.07 Å². The van der Waals surface area contributed by atoms with Gasteiger partial charge in [0.2, 0.25) is 0 Å². The number of nitrogens with zero attached hydrogens (tertiary/aromatic N) is 1. The van der Waals surface area contributed by atoms with Crippen molar-refractivity contribution in [1.82, 2.24) is 5.32 Å². The Morgan fingerprint density at radius 1 is 1.50 bits per heavy atom. The molecule has 1 aromatic carbocycles. The predicted octanol–water partition coefficient (Wildman–Crippen LogP) is 1.49. The third kappa shape index (κ3) is 4.20. The topological polar surface area (TPSA) is 102 Å². The van der Waals surface area contributed by atoms with E-state index in [1.54, 1.807) is 6.92 Å². The first-order chi connectivity index (χ1) is 9.26. The molecule has 0 aliphatic heterocycles. The maximum Gasteiger partial charge on any atom is 0.285 e. The lowest BCUT2D eigenvalue weighted by molar-refractivity contribution is -0.385. The van der Waals surface area contributed by atoms with Crippen molar-refractivity contribution in [2.75, 3.05) is 13.2 Å². The monoisotopic (exact) mass is 282 g/mol. The minimum absolute atomic E-state index is 0.0244. The lowest BCUT2D eigenvalue weighted by atomic mass is 10.1. The number of nitro benzene ring substituents is 1. The zero-order valence-corrected chi connectivity index (χ0v) is 11.7. The fourth-order valence-corrected chi connectivity index (χ4v) is 1.56. The first-order valence-corrected chi connectivity index (χ1v) is 6.17. The van der Waals surface area contributed by atoms with Gasteiger partial charge in [-0.15, -0.1) is 0 Å². The summed E-state index contributed by atoms with van der Waals surface area (Å²) >= 11 is 0. The van der Waals surface area contributed by atoms with Crippen molar-refractivity contribution in [1.29, 1.82) is 0 Å². The van der Waals surface area contributed by atoms with Gasteiger partial charge in [0.1, 0.15) is 5.75 Å². The maximum atomic E-state index is 12.1. The molecule has 1 amide bonds. The molecule has 2 N–H and O–H groups in total. The van der Waals surface area contributed by atoms with E-state index in [1.165, 1.54) is 32.0 Å². The van der Waals surface area contributed by atoms with Crippen LogP contribution in [-0.4, -0.2) is 34.7 Å². The summed E-state index contributed by atoms with van der Waals surface area (Å²) in [6, 6.07) is 4.19. The molecule has 0 aliphatic carbocycles. The van der Waals surface area contributed by atoms with Crippen molar-refractivity contribution in [3.05, 3.63) is 33.9 Å². The highest BCUT2D eigenvalue weighted by atomic mass is 16.6. The highest BCUT2D eigenvalue weighted by molar-refractivity contribution is 6.00. The average molecular weight is 282 g/mol. The fraction of sp³-hybridized carbons (Fsp3) is 0.462. The molecule has 0 radical (unpaired) electrons. The van der Waals surface area contributed by atoms with E-state index in [-0.39, 0.29) is 30.2 Å². The van der Waals surface area contributed by atoms with Crippen LogP contribution in [0.5, 0.6) is 5.75 Å². The van der Waals surface area contributed by atoms with Crippen LogP contribution >= 0.6 is 0 Å². The number of carbonyl (C=O) groups excluding carboxylic acids is 1. The quantitative estimate of drug-likeness (QED) is 0.608. The highest BCUT2D eigenvalue weighted by Gasteiger charge is 2.26. The van der Waals surface area contributed by atoms with E-state index in [4.69, 9.17) is 4.74 Å². The summed E-state index contributed by atoms with van der Waals surface area (Å²) < 4.78 is 5.25. The Balaban J connectivity index is 3.12. The number of hydrogen-bond donors (Lipinski definition) is 2. The molecule has 0 aliphatic rings. The van der Waals surface area contributed by atoms with Crippen molar-refractivity contribution in [3.63, 3.8) is 0 Å². The highest BCUT2D eigenvalue weighted by Crippen LogP contribution is 2.28. The number of amides is 1. The van der Waals surface area contributed by atoms with E-state index in [2.05, 4.69) is 5.32 Å². The van der Waals surface area contributed by atoms with E-state index < -0.39 is 16.4 Å². The number of carbonyl (C=O) groups is 1. The SMILES string of the molecule is CCOc1cccc([N+](=O)[O-])c1C(=O)NCC(C)(C)O. The first-order valence-electron chi connectivity index (χ1n) is 6.17. The van der Waals surface area contributed by atoms with E-state index in [9.17, 15) is 20.0 Å². The van der Waals surface area contributed by atoms with Crippen LogP contribution < -0.4 is 10.1 Å². The molecule has 0 bridgehead atoms. The summed E-state index contributed by atoms with van der Waals surface area (Å²) in [4.78, 5) is 22.5. The zero-order valence-electron chi connectivity index (χ0n) is 11.7. The Hall–Kier alpha value is -2.15. The van der Waals surface area contributed by atoms with Gasteiger partial charge in [-0.2, -0.15) is 0 Å². The van der Waals surface area contributed by atoms with Crippen molar-refractivity contribution in [2.24, 2.45) is 0 Å². The third-order valence-corrected chi connectivity index (χ3v) is 2.41. The third-order valence-electron chi connectivity index (χ3n) is 2.41. The Kier molecular flexibility index (Phi) is 5.04. The maximum absolute atomic E-state index is 12.1. The number of ether oxygens (including phenoxy) is 1. The second-order valence-corrected chi connectivity index (χ2v) is 4.84. The lowest BCUT2D eigenvalue weighted by Gasteiger charge is -2.18. The van der Waals surface area contributed by atoms with Gasteiger partial charge in [0.15, 0.2) is 5.56 Å². The zero-order chi connectivity index (χ0) is 15.3. The smallest absolute Gasteiger partial charge is 0.285 e. The van der Waals surface area contributed by atoms with Crippen LogP contribution in [0.2, 0.25) is 0 Å². The van der Waals surface area contributed by atoms with Gasteiger partial charge in [-0.3, -0.25) is 14.9 Å². The Morgan fingerprint density at radius 3 is 2.65 bits per heavy atom. The standard InChI is InChI=1S/C13H18N2O5/c1-4-20-10-7-5-6-9(15(18)19)11(10)12(16)14-8-13(2,3)17/h5-7,17H,4,8H2,1-3H3,(H,14,16). The fourth-order valence-electron chi connectivity index (χ4n) is 1.56. The molecule has 0 spiro atoms. The van der Waals surface area contributed by atoms with Crippen LogP contribution in [0, 0.1) is 10.1 Å². The van der Waals surface area contributed by atoms with E-state index in [0.29, 0.717) is 0 Å². The number of hydrogen-bond acceptors (Lipinski definition) is 5. The van der Waals surface area contributed by atoms with Crippen LogP contribution in [0.25, 0.3) is 0 Å². The van der Waals surface area contributed by atoms with Crippen LogP contribution in [0.3, 0.4) is 0 Å². The molecule has 20 heavy (non-hydrogen) atoms. The van der Waals surface area contributed by atoms with Gasteiger partial charge in [0, 0.05) is 12.6 Å². The summed E-state index contributed by atoms with van der Waals surface area (Å²) in [5, 5.41) is 23.0. The normalized spacial score (nSPS) is 11.0. The van der Waals surface area contributed by atoms with Gasteiger partial charge in [0.05, 0.1) is 17.1 Å². The molecular weight excluding hydrogens is 264 g/mol. The summed E-state index contributed by atoms with van der Waals surface area (Å²) in [5.41, 5.74) is -1.57. The van der Waals surface area contributed by atoms with E-state index in [1.807, 2.05) is 0 Å². The lowest BCUT2D eigenvalue weighted by Crippen LogP contribution is -2.38. The van der Waals surface area contributed by atoms with Crippen LogP contribution in [-0.2, 0) is 0 Å². The molecule has 0 saturated carbocycles. The Labute approximate surface area is 116 Å². The Bertz CT molecular complexity index is 508. The summed E-state index contributed by atoms with van der Waals surface area (Å²) in [6.07, 6.45) is 0. The van der Waals surface area contributed by atoms with Crippen molar-refractivity contribution >= 4 is 11.6 Å². The number of rotatable bonds is 6. The molecule has 1 rings (SSSR count). The Morgan fingerprint density at radius 2 is 2.15 bits per heavy atom. The van der Waals surface area contributed by atoms with Crippen LogP contribution in [0.15, 0.2) is 18.2 Å². The molecule has 0 unspecified atom stereocenters. The molecule has 0 aromatic heterocycles. The molecule has 0 heterocycles. The minimum Gasteiger partial charge on any atom is -0.493 e. The number of benzene rings is 1. The van der Waals surface area contributed by atoms with Crippen molar-refractivity contribution < 1.29 is 19.6 Å². The molecule has 0 atom stereocenters. The summed E-state index contributed by atoms with van der Waals surface area (Å²) in [5.74, 6) is -0.502. The number of aliphatic hydroxyl groups is 1. The van der Waals surface area contributed by atoms with Crippen LogP contribution in [0.1, 0.15) is 31.1 Å². The van der Waals surface area contributed by atoms with E-state index in [0.717, 1.165) is 0 Å². The predicted molar refractivity (Wildman–Crippen MR) is 72.9 cm³/mol. The molecule has 1 aromatic rings. The minimum atomic E-state index is -1.11. The summed E-state index contributed by atoms with van der Waals surface area (Å²) in [6.45, 7) is 5.03. The molecule has 7 nitrogen and oxygen atoms in total. The largest absolute Gasteiger partial charge is 0.493 e. The van der Waals surface area contributed by atoms with Gasteiger partial charge >= 0.3 is 0 Å². The van der Waals surface area contributed by atoms with Gasteiger partial charge < -0.3 is 15.2 Å². The van der Waals surface area contributed by atoms with Gasteiger partial charge in [-0.25, -0.2) is 0 Å². The summed E-state index contributed by atoms with van der Waals surface area (Å²) in [7, 11) is 0. The molecule has 0 saturated heterocycles. The van der Waals surface area contributed by atoms with E-state index >= 15 is 0 Å². The molecule has 0 fully saturated rings. The number of nitro groups is 1. The van der Waals surface area contributed by atoms with Gasteiger partial charge in [-0.05, 0) is 26.8 Å². The first kappa shape index (κ1) is 15.9. The molecule has 110 valence electrons. The molecule has 7 heteroatoms. The van der Waals surface area contributed by atoms with Crippen molar-refractivity contribution in [3.8, 4) is 5.75 Å². The second kappa shape index (κ2) is 6.33. The van der Waals surface area contributed by atoms with Gasteiger partial charge in [0.25, 0.3) is 11.6 Å².